The largest absolute Gasteiger partial charge is 0.465 e. The predicted octanol–water partition coefficient (Wildman–Crippen LogP) is 5.13. The Morgan fingerprint density at radius 3 is 2.06 bits per heavy atom. The van der Waals surface area contributed by atoms with Crippen molar-refractivity contribution in [2.45, 2.75) is 45.4 Å². The first-order chi connectivity index (χ1) is 16.3. The van der Waals surface area contributed by atoms with Gasteiger partial charge in [0, 0.05) is 16.9 Å². The third kappa shape index (κ3) is 3.83. The van der Waals surface area contributed by atoms with E-state index >= 15 is 0 Å². The minimum Gasteiger partial charge on any atom is -0.465 e. The summed E-state index contributed by atoms with van der Waals surface area (Å²) in [7, 11) is 0. The van der Waals surface area contributed by atoms with Crippen molar-refractivity contribution in [3.8, 4) is 0 Å². The molecule has 2 aromatic carbocycles. The number of halogens is 1. The Morgan fingerprint density at radius 2 is 1.50 bits per heavy atom. The number of hydrogen-bond donors (Lipinski definition) is 0. The molecule has 4 atom stereocenters. The summed E-state index contributed by atoms with van der Waals surface area (Å²) in [6, 6.07) is 15.5. The van der Waals surface area contributed by atoms with E-state index in [0.717, 1.165) is 5.56 Å². The quantitative estimate of drug-likeness (QED) is 0.322. The van der Waals surface area contributed by atoms with Crippen molar-refractivity contribution in [3.63, 3.8) is 0 Å². The first-order valence-electron chi connectivity index (χ1n) is 12.0. The number of hydrogen-bond acceptors (Lipinski definition) is 5. The molecule has 0 heterocycles. The molecule has 0 amide bonds. The number of rotatable bonds is 7. The third-order valence-corrected chi connectivity index (χ3v) is 7.95. The zero-order valence-electron chi connectivity index (χ0n) is 19.9. The van der Waals surface area contributed by atoms with Crippen LogP contribution in [0.2, 0.25) is 0 Å². The number of Topliss-reactive ketones (excluding diaryl/α,β-unsaturated/α-hetero) is 1. The summed E-state index contributed by atoms with van der Waals surface area (Å²) in [4.78, 5) is 39.9. The topological polar surface area (TPSA) is 69.7 Å². The Balaban J connectivity index is 1.76. The van der Waals surface area contributed by atoms with Crippen molar-refractivity contribution in [1.82, 2.24) is 0 Å². The molecule has 0 radical (unpaired) electrons. The lowest BCUT2D eigenvalue weighted by Crippen LogP contribution is -2.44. The highest BCUT2D eigenvalue weighted by Crippen LogP contribution is 2.64. The molecule has 0 N–H and O–H groups in total. The monoisotopic (exact) mass is 466 g/mol. The fraction of sp³-hybridized carbons (Fsp3) is 0.464. The molecule has 0 spiro atoms. The van der Waals surface area contributed by atoms with Crippen molar-refractivity contribution in [2.24, 2.45) is 23.2 Å². The van der Waals surface area contributed by atoms with Crippen LogP contribution in [0.4, 0.5) is 4.39 Å². The van der Waals surface area contributed by atoms with E-state index in [-0.39, 0.29) is 49.0 Å². The highest BCUT2D eigenvalue weighted by molar-refractivity contribution is 6.01. The smallest absolute Gasteiger partial charge is 0.323 e. The molecule has 180 valence electrons. The molecule has 0 aliphatic heterocycles. The Hall–Kier alpha value is -3.02. The molecule has 0 bridgehead atoms. The Bertz CT molecular complexity index is 1050. The Morgan fingerprint density at radius 1 is 0.912 bits per heavy atom. The van der Waals surface area contributed by atoms with Gasteiger partial charge in [-0.1, -0.05) is 37.3 Å². The second-order valence-electron chi connectivity index (χ2n) is 9.61. The van der Waals surface area contributed by atoms with Crippen molar-refractivity contribution in [3.05, 3.63) is 71.5 Å². The van der Waals surface area contributed by atoms with E-state index in [2.05, 4.69) is 6.92 Å². The molecule has 0 unspecified atom stereocenters. The lowest BCUT2D eigenvalue weighted by Gasteiger charge is -2.38. The minimum absolute atomic E-state index is 0.0339. The maximum Gasteiger partial charge on any atom is 0.323 e. The maximum absolute atomic E-state index is 13.7. The number of carbonyl (C=O) groups excluding carboxylic acids is 3. The standard InChI is InChI=1S/C28H31FO5/c1-4-33-25(31)28(26(32)34-5-2)16-19-15-22(24(30)18-11-13-21(29)14-12-18)27(3,23(19)17-28)20-9-7-6-8-10-20/h6-14,19,22-23H,4-5,15-17H2,1-3H3/t19-,22+,23+,27+/m0/s1. The van der Waals surface area contributed by atoms with Crippen LogP contribution in [0.5, 0.6) is 0 Å². The van der Waals surface area contributed by atoms with Crippen molar-refractivity contribution >= 4 is 17.7 Å². The first-order valence-corrected chi connectivity index (χ1v) is 12.0. The molecule has 2 aliphatic carbocycles. The van der Waals surface area contributed by atoms with Crippen molar-refractivity contribution in [2.75, 3.05) is 13.2 Å². The van der Waals surface area contributed by atoms with Crippen LogP contribution in [0.1, 0.15) is 56.0 Å². The lowest BCUT2D eigenvalue weighted by atomic mass is 9.64. The third-order valence-electron chi connectivity index (χ3n) is 7.95. The summed E-state index contributed by atoms with van der Waals surface area (Å²) in [6.45, 7) is 5.86. The minimum atomic E-state index is -1.36. The second-order valence-corrected chi connectivity index (χ2v) is 9.61. The van der Waals surface area contributed by atoms with Gasteiger partial charge in [0.1, 0.15) is 5.82 Å². The zero-order valence-corrected chi connectivity index (χ0v) is 19.9. The Labute approximate surface area is 199 Å². The molecular weight excluding hydrogens is 435 g/mol. The second kappa shape index (κ2) is 9.32. The van der Waals surface area contributed by atoms with Crippen LogP contribution in [-0.4, -0.2) is 30.9 Å². The van der Waals surface area contributed by atoms with Crippen molar-refractivity contribution in [1.29, 1.82) is 0 Å². The maximum atomic E-state index is 13.7. The lowest BCUT2D eigenvalue weighted by molar-refractivity contribution is -0.172. The van der Waals surface area contributed by atoms with Crippen LogP contribution in [0.25, 0.3) is 0 Å². The highest BCUT2D eigenvalue weighted by Gasteiger charge is 2.66. The molecule has 6 heteroatoms. The average Bonchev–Trinajstić information content (AvgIpc) is 3.36. The van der Waals surface area contributed by atoms with Crippen molar-refractivity contribution < 1.29 is 28.2 Å². The summed E-state index contributed by atoms with van der Waals surface area (Å²) in [5.41, 5.74) is -0.513. The first kappa shape index (κ1) is 24.1. The fourth-order valence-electron chi connectivity index (χ4n) is 6.33. The number of ether oxygens (including phenoxy) is 2. The molecule has 2 fully saturated rings. The average molecular weight is 467 g/mol. The van der Waals surface area contributed by atoms with Gasteiger partial charge >= 0.3 is 11.9 Å². The van der Waals surface area contributed by atoms with E-state index in [1.165, 1.54) is 24.3 Å². The molecule has 5 nitrogen and oxygen atoms in total. The molecule has 4 rings (SSSR count). The summed E-state index contributed by atoms with van der Waals surface area (Å²) in [5, 5.41) is 0. The van der Waals surface area contributed by atoms with Gasteiger partial charge in [-0.3, -0.25) is 14.4 Å². The van der Waals surface area contributed by atoms with Gasteiger partial charge in [0.15, 0.2) is 11.2 Å². The van der Waals surface area contributed by atoms with Crippen LogP contribution in [0, 0.1) is 29.0 Å². The van der Waals surface area contributed by atoms with E-state index < -0.39 is 22.8 Å². The van der Waals surface area contributed by atoms with Gasteiger partial charge < -0.3 is 9.47 Å². The SMILES string of the molecule is CCOC(=O)C1(C(=O)OCC)C[C@@H]2C[C@H](C(=O)c3ccc(F)cc3)[C@@](C)(c3ccccc3)[C@@H]2C1. The summed E-state index contributed by atoms with van der Waals surface area (Å²) >= 11 is 0. The highest BCUT2D eigenvalue weighted by atomic mass is 19.1. The molecule has 0 aromatic heterocycles. The van der Waals surface area contributed by atoms with E-state index in [1.54, 1.807) is 13.8 Å². The van der Waals surface area contributed by atoms with Gasteiger partial charge in [-0.25, -0.2) is 4.39 Å². The Kier molecular flexibility index (Phi) is 6.61. The van der Waals surface area contributed by atoms with E-state index in [1.807, 2.05) is 30.3 Å². The van der Waals surface area contributed by atoms with Crippen LogP contribution >= 0.6 is 0 Å². The van der Waals surface area contributed by atoms with Gasteiger partial charge in [0.05, 0.1) is 13.2 Å². The molecule has 34 heavy (non-hydrogen) atoms. The van der Waals surface area contributed by atoms with Crippen LogP contribution in [0.3, 0.4) is 0 Å². The number of benzene rings is 2. The van der Waals surface area contributed by atoms with Gasteiger partial charge in [-0.2, -0.15) is 0 Å². The van der Waals surface area contributed by atoms with Gasteiger partial charge in [0.25, 0.3) is 0 Å². The molecule has 0 saturated heterocycles. The summed E-state index contributed by atoms with van der Waals surface area (Å²) in [5.74, 6) is -2.01. The zero-order chi connectivity index (χ0) is 24.5. The molecular formula is C28H31FO5. The van der Waals surface area contributed by atoms with Gasteiger partial charge in [0.2, 0.25) is 0 Å². The number of ketones is 1. The van der Waals surface area contributed by atoms with Crippen LogP contribution < -0.4 is 0 Å². The van der Waals surface area contributed by atoms with Gasteiger partial charge in [-0.05, 0) is 74.8 Å². The van der Waals surface area contributed by atoms with Gasteiger partial charge in [-0.15, -0.1) is 0 Å². The van der Waals surface area contributed by atoms with Crippen LogP contribution in [-0.2, 0) is 24.5 Å². The van der Waals surface area contributed by atoms with Crippen LogP contribution in [0.15, 0.2) is 54.6 Å². The van der Waals surface area contributed by atoms with E-state index in [4.69, 9.17) is 9.47 Å². The molecule has 2 saturated carbocycles. The summed E-state index contributed by atoms with van der Waals surface area (Å²) in [6.07, 6.45) is 1.10. The number of fused-ring (bicyclic) bond motifs is 1. The molecule has 2 aromatic rings. The van der Waals surface area contributed by atoms with E-state index in [0.29, 0.717) is 18.4 Å². The normalized spacial score (nSPS) is 27.1. The fourth-order valence-corrected chi connectivity index (χ4v) is 6.33. The molecule has 2 aliphatic rings. The predicted molar refractivity (Wildman–Crippen MR) is 125 cm³/mol. The number of esters is 2. The number of carbonyl (C=O) groups is 3. The van der Waals surface area contributed by atoms with E-state index in [9.17, 15) is 18.8 Å². The summed E-state index contributed by atoms with van der Waals surface area (Å²) < 4.78 is 24.2.